The van der Waals surface area contributed by atoms with Crippen molar-refractivity contribution < 1.29 is 9.59 Å². The number of carbonyl (C=O) groups is 2. The summed E-state index contributed by atoms with van der Waals surface area (Å²) < 4.78 is 0. The zero-order valence-electron chi connectivity index (χ0n) is 11.1. The summed E-state index contributed by atoms with van der Waals surface area (Å²) >= 11 is 0. The fourth-order valence-corrected chi connectivity index (χ4v) is 1.93. The van der Waals surface area contributed by atoms with Crippen LogP contribution in [0.15, 0.2) is 48.5 Å². The van der Waals surface area contributed by atoms with Crippen LogP contribution >= 0.6 is 0 Å². The largest absolute Gasteiger partial charge is 0.295 e. The summed E-state index contributed by atoms with van der Waals surface area (Å²) in [5.74, 6) is 0.0883. The summed E-state index contributed by atoms with van der Waals surface area (Å²) in [6.45, 7) is 3.52. The Hall–Kier alpha value is -2.22. The third-order valence-electron chi connectivity index (χ3n) is 3.07. The van der Waals surface area contributed by atoms with Crippen LogP contribution in [0, 0.1) is 6.92 Å². The van der Waals surface area contributed by atoms with Crippen molar-refractivity contribution >= 4 is 11.6 Å². The summed E-state index contributed by atoms with van der Waals surface area (Å²) in [5, 5.41) is 0. The van der Waals surface area contributed by atoms with Crippen molar-refractivity contribution in [2.24, 2.45) is 0 Å². The zero-order chi connectivity index (χ0) is 13.8. The van der Waals surface area contributed by atoms with Gasteiger partial charge < -0.3 is 0 Å². The van der Waals surface area contributed by atoms with Crippen molar-refractivity contribution in [1.82, 2.24) is 0 Å². The van der Waals surface area contributed by atoms with E-state index >= 15 is 0 Å². The zero-order valence-corrected chi connectivity index (χ0v) is 11.1. The topological polar surface area (TPSA) is 34.1 Å². The molecular weight excluding hydrogens is 236 g/mol. The molecule has 2 aromatic rings. The molecule has 0 heterocycles. The minimum atomic E-state index is 0.0182. The molecule has 0 amide bonds. The Labute approximate surface area is 113 Å². The Morgan fingerprint density at radius 1 is 0.947 bits per heavy atom. The maximum atomic E-state index is 12.1. The van der Waals surface area contributed by atoms with E-state index in [4.69, 9.17) is 0 Å². The van der Waals surface area contributed by atoms with Crippen LogP contribution in [0.5, 0.6) is 0 Å². The van der Waals surface area contributed by atoms with Gasteiger partial charge in [0.15, 0.2) is 11.6 Å². The highest BCUT2D eigenvalue weighted by Gasteiger charge is 2.08. The second-order valence-corrected chi connectivity index (χ2v) is 4.72. The van der Waals surface area contributed by atoms with Crippen molar-refractivity contribution in [3.63, 3.8) is 0 Å². The molecule has 0 radical (unpaired) electrons. The molecule has 0 bridgehead atoms. The molecule has 0 aliphatic rings. The first kappa shape index (κ1) is 13.2. The standard InChI is InChI=1S/C17H16O2/c1-12-6-8-15(9-7-12)17(19)11-14-4-3-5-16(10-14)13(2)18/h3-10H,11H2,1-2H3. The smallest absolute Gasteiger partial charge is 0.167 e. The van der Waals surface area contributed by atoms with Gasteiger partial charge in [0.25, 0.3) is 0 Å². The molecule has 0 N–H and O–H groups in total. The van der Waals surface area contributed by atoms with Gasteiger partial charge >= 0.3 is 0 Å². The van der Waals surface area contributed by atoms with E-state index in [9.17, 15) is 9.59 Å². The van der Waals surface area contributed by atoms with Crippen molar-refractivity contribution in [3.05, 3.63) is 70.8 Å². The van der Waals surface area contributed by atoms with E-state index in [0.717, 1.165) is 11.1 Å². The lowest BCUT2D eigenvalue weighted by atomic mass is 10.00. The van der Waals surface area contributed by atoms with Crippen molar-refractivity contribution in [1.29, 1.82) is 0 Å². The van der Waals surface area contributed by atoms with E-state index in [0.29, 0.717) is 17.5 Å². The fraction of sp³-hybridized carbons (Fsp3) is 0.176. The Kier molecular flexibility index (Phi) is 3.91. The minimum Gasteiger partial charge on any atom is -0.295 e. The SMILES string of the molecule is CC(=O)c1cccc(CC(=O)c2ccc(C)cc2)c1. The van der Waals surface area contributed by atoms with Gasteiger partial charge in [-0.3, -0.25) is 9.59 Å². The first-order chi connectivity index (χ1) is 9.06. The number of ketones is 2. The van der Waals surface area contributed by atoms with E-state index in [1.165, 1.54) is 6.92 Å². The van der Waals surface area contributed by atoms with Crippen LogP contribution < -0.4 is 0 Å². The van der Waals surface area contributed by atoms with Gasteiger partial charge in [-0.15, -0.1) is 0 Å². The molecule has 0 spiro atoms. The predicted octanol–water partition coefficient (Wildman–Crippen LogP) is 3.62. The second-order valence-electron chi connectivity index (χ2n) is 4.72. The van der Waals surface area contributed by atoms with Crippen LogP contribution in [0.1, 0.15) is 38.8 Å². The van der Waals surface area contributed by atoms with E-state index in [-0.39, 0.29) is 11.6 Å². The van der Waals surface area contributed by atoms with Gasteiger partial charge in [0.1, 0.15) is 0 Å². The summed E-state index contributed by atoms with van der Waals surface area (Å²) in [6.07, 6.45) is 0.324. The summed E-state index contributed by atoms with van der Waals surface area (Å²) in [7, 11) is 0. The third kappa shape index (κ3) is 3.38. The van der Waals surface area contributed by atoms with Crippen molar-refractivity contribution in [2.75, 3.05) is 0 Å². The first-order valence-electron chi connectivity index (χ1n) is 6.26. The van der Waals surface area contributed by atoms with Crippen LogP contribution in [0.3, 0.4) is 0 Å². The van der Waals surface area contributed by atoms with Crippen LogP contribution in [-0.4, -0.2) is 11.6 Å². The molecule has 2 nitrogen and oxygen atoms in total. The van der Waals surface area contributed by atoms with E-state index < -0.39 is 0 Å². The minimum absolute atomic E-state index is 0.0182. The van der Waals surface area contributed by atoms with E-state index in [2.05, 4.69) is 0 Å². The Morgan fingerprint density at radius 3 is 2.26 bits per heavy atom. The van der Waals surface area contributed by atoms with Gasteiger partial charge in [-0.25, -0.2) is 0 Å². The molecule has 0 atom stereocenters. The molecule has 0 aliphatic carbocycles. The lowest BCUT2D eigenvalue weighted by molar-refractivity contribution is 0.0987. The molecule has 2 rings (SSSR count). The Balaban J connectivity index is 2.17. The number of carbonyl (C=O) groups excluding carboxylic acids is 2. The molecule has 96 valence electrons. The van der Waals surface area contributed by atoms with Gasteiger partial charge in [-0.2, -0.15) is 0 Å². The highest BCUT2D eigenvalue weighted by Crippen LogP contribution is 2.11. The number of rotatable bonds is 4. The number of hydrogen-bond donors (Lipinski definition) is 0. The number of Topliss-reactive ketones (excluding diaryl/α,β-unsaturated/α-hetero) is 2. The highest BCUT2D eigenvalue weighted by molar-refractivity contribution is 5.98. The van der Waals surface area contributed by atoms with Gasteiger partial charge in [0, 0.05) is 17.5 Å². The molecule has 0 saturated heterocycles. The van der Waals surface area contributed by atoms with Crippen molar-refractivity contribution in [2.45, 2.75) is 20.3 Å². The summed E-state index contributed by atoms with van der Waals surface area (Å²) in [6, 6.07) is 14.8. The summed E-state index contributed by atoms with van der Waals surface area (Å²) in [4.78, 5) is 23.4. The average molecular weight is 252 g/mol. The molecule has 0 aliphatic heterocycles. The molecule has 0 aromatic heterocycles. The molecule has 0 unspecified atom stereocenters. The first-order valence-corrected chi connectivity index (χ1v) is 6.26. The maximum absolute atomic E-state index is 12.1. The molecular formula is C17H16O2. The van der Waals surface area contributed by atoms with Gasteiger partial charge in [0.05, 0.1) is 0 Å². The molecule has 2 heteroatoms. The molecule has 2 aromatic carbocycles. The van der Waals surface area contributed by atoms with Gasteiger partial charge in [0.2, 0.25) is 0 Å². The fourth-order valence-electron chi connectivity index (χ4n) is 1.93. The quantitative estimate of drug-likeness (QED) is 0.779. The van der Waals surface area contributed by atoms with Gasteiger partial charge in [-0.05, 0) is 25.5 Å². The predicted molar refractivity (Wildman–Crippen MR) is 75.7 cm³/mol. The molecule has 0 fully saturated rings. The number of benzene rings is 2. The normalized spacial score (nSPS) is 10.2. The average Bonchev–Trinajstić information content (AvgIpc) is 2.39. The van der Waals surface area contributed by atoms with Crippen LogP contribution in [0.25, 0.3) is 0 Å². The number of aryl methyl sites for hydroxylation is 1. The maximum Gasteiger partial charge on any atom is 0.167 e. The van der Waals surface area contributed by atoms with Crippen LogP contribution in [0.4, 0.5) is 0 Å². The lowest BCUT2D eigenvalue weighted by Crippen LogP contribution is -2.04. The second kappa shape index (κ2) is 5.61. The summed E-state index contributed by atoms with van der Waals surface area (Å²) in [5.41, 5.74) is 3.36. The van der Waals surface area contributed by atoms with E-state index in [1.54, 1.807) is 12.1 Å². The Bertz CT molecular complexity index is 609. The monoisotopic (exact) mass is 252 g/mol. The van der Waals surface area contributed by atoms with Crippen LogP contribution in [0.2, 0.25) is 0 Å². The van der Waals surface area contributed by atoms with Crippen LogP contribution in [-0.2, 0) is 6.42 Å². The van der Waals surface area contributed by atoms with E-state index in [1.807, 2.05) is 43.3 Å². The van der Waals surface area contributed by atoms with Gasteiger partial charge in [-0.1, -0.05) is 48.0 Å². The highest BCUT2D eigenvalue weighted by atomic mass is 16.1. The molecule has 0 saturated carbocycles. The third-order valence-corrected chi connectivity index (χ3v) is 3.07. The molecule has 19 heavy (non-hydrogen) atoms. The number of hydrogen-bond acceptors (Lipinski definition) is 2. The Morgan fingerprint density at radius 2 is 1.63 bits per heavy atom. The lowest BCUT2D eigenvalue weighted by Gasteiger charge is -2.04. The van der Waals surface area contributed by atoms with Crippen molar-refractivity contribution in [3.8, 4) is 0 Å².